The predicted octanol–water partition coefficient (Wildman–Crippen LogP) is 3.28. The average molecular weight is 440 g/mol. The number of hydrogen-bond donors (Lipinski definition) is 2. The first-order valence-corrected chi connectivity index (χ1v) is 11.3. The summed E-state index contributed by atoms with van der Waals surface area (Å²) in [7, 11) is -3.66. The summed E-state index contributed by atoms with van der Waals surface area (Å²) in [5.41, 5.74) is 2.01. The Morgan fingerprint density at radius 3 is 2.48 bits per heavy atom. The van der Waals surface area contributed by atoms with Crippen molar-refractivity contribution in [2.24, 2.45) is 0 Å². The molecule has 0 bridgehead atoms. The first kappa shape index (κ1) is 22.5. The van der Waals surface area contributed by atoms with Crippen LogP contribution in [0.3, 0.4) is 0 Å². The quantitative estimate of drug-likeness (QED) is 0.533. The second-order valence-electron chi connectivity index (χ2n) is 7.24. The summed E-state index contributed by atoms with van der Waals surface area (Å²) in [6, 6.07) is 18.8. The molecule has 2 aromatic carbocycles. The van der Waals surface area contributed by atoms with Crippen LogP contribution in [0.4, 0.5) is 0 Å². The monoisotopic (exact) mass is 439 g/mol. The number of sulfonamides is 1. The van der Waals surface area contributed by atoms with Gasteiger partial charge in [-0.15, -0.1) is 0 Å². The third-order valence-corrected chi connectivity index (χ3v) is 5.94. The molecule has 3 aromatic rings. The highest BCUT2D eigenvalue weighted by atomic mass is 32.2. The molecule has 0 radical (unpaired) electrons. The van der Waals surface area contributed by atoms with Crippen molar-refractivity contribution in [3.05, 3.63) is 89.7 Å². The zero-order chi connectivity index (χ0) is 22.3. The molecule has 1 heterocycles. The van der Waals surface area contributed by atoms with Crippen molar-refractivity contribution in [1.29, 1.82) is 0 Å². The van der Waals surface area contributed by atoms with Crippen LogP contribution in [0.25, 0.3) is 0 Å². The Balaban J connectivity index is 1.56. The Hall–Kier alpha value is -3.23. The third kappa shape index (κ3) is 6.63. The van der Waals surface area contributed by atoms with Crippen LogP contribution in [0.5, 0.6) is 5.75 Å². The van der Waals surface area contributed by atoms with Gasteiger partial charge in [-0.3, -0.25) is 9.78 Å². The van der Waals surface area contributed by atoms with Gasteiger partial charge in [-0.25, -0.2) is 13.1 Å². The minimum Gasteiger partial charge on any atom is -0.487 e. The van der Waals surface area contributed by atoms with E-state index in [2.05, 4.69) is 15.0 Å². The van der Waals surface area contributed by atoms with Gasteiger partial charge in [0.15, 0.2) is 0 Å². The zero-order valence-corrected chi connectivity index (χ0v) is 18.2. The molecule has 0 spiro atoms. The van der Waals surface area contributed by atoms with Crippen molar-refractivity contribution in [2.75, 3.05) is 0 Å². The second kappa shape index (κ2) is 10.2. The van der Waals surface area contributed by atoms with E-state index in [0.717, 1.165) is 11.3 Å². The van der Waals surface area contributed by atoms with Crippen LogP contribution >= 0.6 is 0 Å². The van der Waals surface area contributed by atoms with Crippen LogP contribution in [0.1, 0.15) is 35.5 Å². The lowest BCUT2D eigenvalue weighted by Crippen LogP contribution is -2.30. The van der Waals surface area contributed by atoms with Crippen molar-refractivity contribution in [2.45, 2.75) is 37.9 Å². The largest absolute Gasteiger partial charge is 0.487 e. The SMILES string of the molecule is CC(C)NS(=O)(=O)c1cccc(C(=O)NCc2ccc(OCc3ccccn3)cc2)c1. The van der Waals surface area contributed by atoms with Crippen molar-refractivity contribution in [1.82, 2.24) is 15.0 Å². The molecule has 0 atom stereocenters. The number of carbonyl (C=O) groups is 1. The van der Waals surface area contributed by atoms with Crippen LogP contribution in [0.15, 0.2) is 77.8 Å². The third-order valence-electron chi connectivity index (χ3n) is 4.29. The molecule has 0 aliphatic rings. The molecular formula is C23H25N3O4S. The summed E-state index contributed by atoms with van der Waals surface area (Å²) < 4.78 is 32.8. The van der Waals surface area contributed by atoms with E-state index in [1.54, 1.807) is 32.2 Å². The highest BCUT2D eigenvalue weighted by Crippen LogP contribution is 2.15. The van der Waals surface area contributed by atoms with E-state index >= 15 is 0 Å². The van der Waals surface area contributed by atoms with E-state index < -0.39 is 10.0 Å². The molecule has 0 unspecified atom stereocenters. The minimum atomic E-state index is -3.66. The molecule has 1 aromatic heterocycles. The van der Waals surface area contributed by atoms with E-state index in [1.807, 2.05) is 42.5 Å². The molecule has 0 aliphatic heterocycles. The molecule has 7 nitrogen and oxygen atoms in total. The normalized spacial score (nSPS) is 11.3. The molecule has 0 fully saturated rings. The highest BCUT2D eigenvalue weighted by molar-refractivity contribution is 7.89. The fourth-order valence-electron chi connectivity index (χ4n) is 2.81. The lowest BCUT2D eigenvalue weighted by atomic mass is 10.2. The van der Waals surface area contributed by atoms with E-state index in [4.69, 9.17) is 4.74 Å². The minimum absolute atomic E-state index is 0.0586. The zero-order valence-electron chi connectivity index (χ0n) is 17.4. The summed E-state index contributed by atoms with van der Waals surface area (Å²) in [6.45, 7) is 4.16. The van der Waals surface area contributed by atoms with Gasteiger partial charge in [-0.1, -0.05) is 24.3 Å². The predicted molar refractivity (Wildman–Crippen MR) is 118 cm³/mol. The number of ether oxygens (including phenoxy) is 1. The van der Waals surface area contributed by atoms with Gasteiger partial charge in [0.05, 0.1) is 10.6 Å². The molecule has 0 saturated heterocycles. The highest BCUT2D eigenvalue weighted by Gasteiger charge is 2.17. The Labute approximate surface area is 182 Å². The van der Waals surface area contributed by atoms with Crippen molar-refractivity contribution in [3.8, 4) is 5.75 Å². The molecule has 31 heavy (non-hydrogen) atoms. The van der Waals surface area contributed by atoms with Crippen molar-refractivity contribution < 1.29 is 17.9 Å². The maximum atomic E-state index is 12.5. The molecule has 8 heteroatoms. The maximum Gasteiger partial charge on any atom is 0.251 e. The van der Waals surface area contributed by atoms with E-state index in [9.17, 15) is 13.2 Å². The summed E-state index contributed by atoms with van der Waals surface area (Å²) in [5.74, 6) is 0.355. The topological polar surface area (TPSA) is 97.4 Å². The van der Waals surface area contributed by atoms with Crippen LogP contribution in [0.2, 0.25) is 0 Å². The standard InChI is InChI=1S/C23H25N3O4S/c1-17(2)26-31(28,29)22-8-5-6-19(14-22)23(27)25-15-18-9-11-21(12-10-18)30-16-20-7-3-4-13-24-20/h3-14,17,26H,15-16H2,1-2H3,(H,25,27). The first-order valence-electron chi connectivity index (χ1n) is 9.86. The van der Waals surface area contributed by atoms with Gasteiger partial charge in [-0.2, -0.15) is 0 Å². The summed E-state index contributed by atoms with van der Waals surface area (Å²) >= 11 is 0. The number of pyridine rings is 1. The number of carbonyl (C=O) groups excluding carboxylic acids is 1. The van der Waals surface area contributed by atoms with E-state index in [0.29, 0.717) is 18.9 Å². The van der Waals surface area contributed by atoms with Gasteiger partial charge in [0.25, 0.3) is 5.91 Å². The Morgan fingerprint density at radius 2 is 1.81 bits per heavy atom. The lowest BCUT2D eigenvalue weighted by Gasteiger charge is -2.11. The number of nitrogens with one attached hydrogen (secondary N) is 2. The fraction of sp³-hybridized carbons (Fsp3) is 0.217. The number of aromatic nitrogens is 1. The van der Waals surface area contributed by atoms with Crippen LogP contribution in [0, 0.1) is 0 Å². The maximum absolute atomic E-state index is 12.5. The van der Waals surface area contributed by atoms with Gasteiger partial charge in [0, 0.05) is 24.3 Å². The molecule has 3 rings (SSSR count). The van der Waals surface area contributed by atoms with E-state index in [-0.39, 0.29) is 22.4 Å². The average Bonchev–Trinajstić information content (AvgIpc) is 2.77. The number of nitrogens with zero attached hydrogens (tertiary/aromatic N) is 1. The number of hydrogen-bond acceptors (Lipinski definition) is 5. The molecule has 0 saturated carbocycles. The number of benzene rings is 2. The number of rotatable bonds is 9. The van der Waals surface area contributed by atoms with Gasteiger partial charge in [-0.05, 0) is 61.9 Å². The van der Waals surface area contributed by atoms with Crippen molar-refractivity contribution in [3.63, 3.8) is 0 Å². The summed E-state index contributed by atoms with van der Waals surface area (Å²) in [6.07, 6.45) is 1.72. The van der Waals surface area contributed by atoms with Gasteiger partial charge >= 0.3 is 0 Å². The van der Waals surface area contributed by atoms with Gasteiger partial charge in [0.2, 0.25) is 10.0 Å². The Morgan fingerprint density at radius 1 is 1.03 bits per heavy atom. The first-order chi connectivity index (χ1) is 14.8. The lowest BCUT2D eigenvalue weighted by molar-refractivity contribution is 0.0950. The molecule has 2 N–H and O–H groups in total. The molecule has 0 aliphatic carbocycles. The van der Waals surface area contributed by atoms with Crippen LogP contribution in [-0.2, 0) is 23.2 Å². The summed E-state index contributed by atoms with van der Waals surface area (Å²) in [5, 5.41) is 2.81. The Bertz CT molecular complexity index is 1120. The van der Waals surface area contributed by atoms with Gasteiger partial charge < -0.3 is 10.1 Å². The molecular weight excluding hydrogens is 414 g/mol. The van der Waals surface area contributed by atoms with Crippen molar-refractivity contribution >= 4 is 15.9 Å². The summed E-state index contributed by atoms with van der Waals surface area (Å²) in [4.78, 5) is 16.8. The second-order valence-corrected chi connectivity index (χ2v) is 8.95. The van der Waals surface area contributed by atoms with Crippen LogP contribution in [-0.4, -0.2) is 25.4 Å². The van der Waals surface area contributed by atoms with Crippen LogP contribution < -0.4 is 14.8 Å². The molecule has 162 valence electrons. The molecule has 1 amide bonds. The van der Waals surface area contributed by atoms with E-state index in [1.165, 1.54) is 12.1 Å². The van der Waals surface area contributed by atoms with Gasteiger partial charge in [0.1, 0.15) is 12.4 Å². The fourth-order valence-corrected chi connectivity index (χ4v) is 4.11. The number of amides is 1. The smallest absolute Gasteiger partial charge is 0.251 e. The Kier molecular flexibility index (Phi) is 7.38.